The summed E-state index contributed by atoms with van der Waals surface area (Å²) in [6, 6.07) is 10.8. The molecule has 2 rings (SSSR count). The van der Waals surface area contributed by atoms with Gasteiger partial charge in [-0.15, -0.1) is 0 Å². The van der Waals surface area contributed by atoms with Crippen LogP contribution in [0.15, 0.2) is 45.3 Å². The molecule has 0 aliphatic rings. The summed E-state index contributed by atoms with van der Waals surface area (Å²) in [5.74, 6) is 0.992. The number of benzene rings is 1. The Hall–Kier alpha value is -1.59. The predicted octanol–water partition coefficient (Wildman–Crippen LogP) is 3.14. The number of furan rings is 1. The van der Waals surface area contributed by atoms with E-state index in [1.165, 1.54) is 0 Å². The van der Waals surface area contributed by atoms with Gasteiger partial charge in [-0.25, -0.2) is 0 Å². The summed E-state index contributed by atoms with van der Waals surface area (Å²) >= 11 is 3.48. The fourth-order valence-electron chi connectivity index (χ4n) is 1.84. The Kier molecular flexibility index (Phi) is 4.98. The lowest BCUT2D eigenvalue weighted by atomic mass is 10.2. The largest absolute Gasteiger partial charge is 0.465 e. The van der Waals surface area contributed by atoms with E-state index in [1.807, 2.05) is 36.4 Å². The van der Waals surface area contributed by atoms with Gasteiger partial charge in [0.15, 0.2) is 0 Å². The van der Waals surface area contributed by atoms with Crippen molar-refractivity contribution in [3.63, 3.8) is 0 Å². The van der Waals surface area contributed by atoms with Crippen LogP contribution in [0.25, 0.3) is 11.3 Å². The highest BCUT2D eigenvalue weighted by Crippen LogP contribution is 2.29. The van der Waals surface area contributed by atoms with E-state index >= 15 is 0 Å². The van der Waals surface area contributed by atoms with Gasteiger partial charge >= 0.3 is 5.97 Å². The van der Waals surface area contributed by atoms with Crippen LogP contribution in [0.3, 0.4) is 0 Å². The number of ether oxygens (including phenoxy) is 1. The second kappa shape index (κ2) is 6.72. The first kappa shape index (κ1) is 14.8. The van der Waals surface area contributed by atoms with E-state index in [0.29, 0.717) is 18.8 Å². The summed E-state index contributed by atoms with van der Waals surface area (Å²) in [7, 11) is 0. The van der Waals surface area contributed by atoms with Crippen molar-refractivity contribution in [2.45, 2.75) is 19.4 Å². The molecule has 1 aromatic heterocycles. The van der Waals surface area contributed by atoms with E-state index < -0.39 is 12.0 Å². The van der Waals surface area contributed by atoms with Crippen LogP contribution < -0.4 is 5.73 Å². The van der Waals surface area contributed by atoms with Crippen molar-refractivity contribution in [2.24, 2.45) is 5.73 Å². The van der Waals surface area contributed by atoms with Gasteiger partial charge in [0, 0.05) is 16.5 Å². The standard InChI is InChI=1S/C15H16BrNO3/c1-2-19-15(18)13(17)9-10-7-8-14(20-10)11-5-3-4-6-12(11)16/h3-8,13H,2,9,17H2,1H3. The summed E-state index contributed by atoms with van der Waals surface area (Å²) in [5, 5.41) is 0. The van der Waals surface area contributed by atoms with Gasteiger partial charge in [0.1, 0.15) is 17.6 Å². The molecule has 0 bridgehead atoms. The topological polar surface area (TPSA) is 65.5 Å². The molecule has 106 valence electrons. The lowest BCUT2D eigenvalue weighted by Gasteiger charge is -2.08. The van der Waals surface area contributed by atoms with Crippen LogP contribution in [0.2, 0.25) is 0 Å². The molecule has 0 amide bonds. The highest BCUT2D eigenvalue weighted by molar-refractivity contribution is 9.10. The molecule has 0 aliphatic heterocycles. The van der Waals surface area contributed by atoms with Crippen LogP contribution in [0.5, 0.6) is 0 Å². The summed E-state index contributed by atoms with van der Waals surface area (Å²) in [6.07, 6.45) is 0.323. The van der Waals surface area contributed by atoms with E-state index in [1.54, 1.807) is 6.92 Å². The zero-order chi connectivity index (χ0) is 14.5. The average molecular weight is 338 g/mol. The Balaban J connectivity index is 2.10. The van der Waals surface area contributed by atoms with Crippen LogP contribution in [0.1, 0.15) is 12.7 Å². The van der Waals surface area contributed by atoms with Gasteiger partial charge in [0.25, 0.3) is 0 Å². The Labute approximate surface area is 126 Å². The van der Waals surface area contributed by atoms with Crippen molar-refractivity contribution in [1.82, 2.24) is 0 Å². The van der Waals surface area contributed by atoms with Gasteiger partial charge in [-0.1, -0.05) is 34.1 Å². The van der Waals surface area contributed by atoms with E-state index in [0.717, 1.165) is 15.8 Å². The second-order valence-corrected chi connectivity index (χ2v) is 5.16. The number of esters is 1. The first-order chi connectivity index (χ1) is 9.61. The number of hydrogen-bond acceptors (Lipinski definition) is 4. The highest BCUT2D eigenvalue weighted by atomic mass is 79.9. The van der Waals surface area contributed by atoms with Crippen molar-refractivity contribution in [3.05, 3.63) is 46.6 Å². The van der Waals surface area contributed by atoms with Crippen molar-refractivity contribution in [3.8, 4) is 11.3 Å². The Morgan fingerprint density at radius 2 is 2.10 bits per heavy atom. The van der Waals surface area contributed by atoms with Gasteiger partial charge in [-0.3, -0.25) is 4.79 Å². The molecule has 0 saturated carbocycles. The summed E-state index contributed by atoms with van der Waals surface area (Å²) in [6.45, 7) is 2.08. The molecule has 0 fully saturated rings. The van der Waals surface area contributed by atoms with Crippen LogP contribution >= 0.6 is 15.9 Å². The number of nitrogens with two attached hydrogens (primary N) is 1. The molecule has 1 unspecified atom stereocenters. The SMILES string of the molecule is CCOC(=O)C(N)Cc1ccc(-c2ccccc2Br)o1. The van der Waals surface area contributed by atoms with E-state index in [4.69, 9.17) is 14.9 Å². The average Bonchev–Trinajstić information content (AvgIpc) is 2.87. The quantitative estimate of drug-likeness (QED) is 0.851. The van der Waals surface area contributed by atoms with Gasteiger partial charge in [-0.05, 0) is 25.1 Å². The Bertz CT molecular complexity index is 594. The smallest absolute Gasteiger partial charge is 0.323 e. The summed E-state index contributed by atoms with van der Waals surface area (Å²) in [5.41, 5.74) is 6.73. The molecule has 1 heterocycles. The van der Waals surface area contributed by atoms with E-state index in [-0.39, 0.29) is 0 Å². The van der Waals surface area contributed by atoms with Crippen LogP contribution in [0.4, 0.5) is 0 Å². The highest BCUT2D eigenvalue weighted by Gasteiger charge is 2.17. The zero-order valence-corrected chi connectivity index (χ0v) is 12.7. The number of carbonyl (C=O) groups is 1. The van der Waals surface area contributed by atoms with E-state index in [2.05, 4.69) is 15.9 Å². The summed E-state index contributed by atoms with van der Waals surface area (Å²) < 4.78 is 11.6. The molecule has 0 spiro atoms. The zero-order valence-electron chi connectivity index (χ0n) is 11.1. The maximum atomic E-state index is 11.5. The maximum absolute atomic E-state index is 11.5. The Morgan fingerprint density at radius 3 is 2.80 bits per heavy atom. The number of carbonyl (C=O) groups excluding carboxylic acids is 1. The van der Waals surface area contributed by atoms with Gasteiger partial charge in [-0.2, -0.15) is 0 Å². The monoisotopic (exact) mass is 337 g/mol. The molecule has 20 heavy (non-hydrogen) atoms. The van der Waals surface area contributed by atoms with Crippen molar-refractivity contribution >= 4 is 21.9 Å². The van der Waals surface area contributed by atoms with Gasteiger partial charge in [0.2, 0.25) is 0 Å². The molecule has 2 N–H and O–H groups in total. The molecule has 0 saturated heterocycles. The van der Waals surface area contributed by atoms with Crippen molar-refractivity contribution in [1.29, 1.82) is 0 Å². The molecule has 0 aliphatic carbocycles. The molecule has 1 atom stereocenters. The minimum Gasteiger partial charge on any atom is -0.465 e. The van der Waals surface area contributed by atoms with Gasteiger partial charge < -0.3 is 14.9 Å². The first-order valence-electron chi connectivity index (χ1n) is 6.37. The minimum absolute atomic E-state index is 0.323. The molecule has 1 aromatic carbocycles. The second-order valence-electron chi connectivity index (χ2n) is 4.31. The molecule has 5 heteroatoms. The molecule has 0 radical (unpaired) electrons. The predicted molar refractivity (Wildman–Crippen MR) is 80.2 cm³/mol. The first-order valence-corrected chi connectivity index (χ1v) is 7.17. The lowest BCUT2D eigenvalue weighted by molar-refractivity contribution is -0.144. The molecule has 4 nitrogen and oxygen atoms in total. The van der Waals surface area contributed by atoms with Crippen LogP contribution in [0, 0.1) is 0 Å². The van der Waals surface area contributed by atoms with Gasteiger partial charge in [0.05, 0.1) is 6.61 Å². The third-order valence-electron chi connectivity index (χ3n) is 2.81. The van der Waals surface area contributed by atoms with Crippen molar-refractivity contribution in [2.75, 3.05) is 6.61 Å². The number of halogens is 1. The lowest BCUT2D eigenvalue weighted by Crippen LogP contribution is -2.34. The van der Waals surface area contributed by atoms with E-state index in [9.17, 15) is 4.79 Å². The number of hydrogen-bond donors (Lipinski definition) is 1. The summed E-state index contributed by atoms with van der Waals surface area (Å²) in [4.78, 5) is 11.5. The maximum Gasteiger partial charge on any atom is 0.323 e. The fourth-order valence-corrected chi connectivity index (χ4v) is 2.32. The molecular weight excluding hydrogens is 322 g/mol. The minimum atomic E-state index is -0.701. The van der Waals surface area contributed by atoms with Crippen LogP contribution in [-0.4, -0.2) is 18.6 Å². The molecule has 2 aromatic rings. The third-order valence-corrected chi connectivity index (χ3v) is 3.50. The number of rotatable bonds is 5. The fraction of sp³-hybridized carbons (Fsp3) is 0.267. The third kappa shape index (κ3) is 3.49. The molecular formula is C15H16BrNO3. The normalized spacial score (nSPS) is 12.2. The Morgan fingerprint density at radius 1 is 1.35 bits per heavy atom. The van der Waals surface area contributed by atoms with Crippen LogP contribution in [-0.2, 0) is 16.0 Å². The van der Waals surface area contributed by atoms with Crippen molar-refractivity contribution < 1.29 is 13.9 Å².